The summed E-state index contributed by atoms with van der Waals surface area (Å²) in [7, 11) is 2.85. The summed E-state index contributed by atoms with van der Waals surface area (Å²) in [4.78, 5) is 10.9. The maximum absolute atomic E-state index is 10.9. The van der Waals surface area contributed by atoms with Crippen molar-refractivity contribution in [1.82, 2.24) is 5.32 Å². The smallest absolute Gasteiger partial charge is 0.407 e. The lowest BCUT2D eigenvalue weighted by Crippen LogP contribution is -2.22. The maximum atomic E-state index is 10.9. The van der Waals surface area contributed by atoms with E-state index in [1.54, 1.807) is 25.3 Å². The monoisotopic (exact) mass is 229 g/mol. The van der Waals surface area contributed by atoms with Gasteiger partial charge in [0.25, 0.3) is 0 Å². The number of benzene rings is 1. The van der Waals surface area contributed by atoms with Crippen LogP contribution in [0.15, 0.2) is 18.2 Å². The highest BCUT2D eigenvalue weighted by Gasteiger charge is 2.08. The van der Waals surface area contributed by atoms with E-state index in [0.717, 1.165) is 5.56 Å². The topological polar surface area (TPSA) is 47.6 Å². The molecule has 82 valence electrons. The SMILES string of the molecule is COC(=O)NCc1c(Cl)cccc1OC. The Kier molecular flexibility index (Phi) is 4.24. The first-order chi connectivity index (χ1) is 7.19. The normalized spacial score (nSPS) is 9.53. The number of alkyl carbamates (subject to hydrolysis) is 1. The summed E-state index contributed by atoms with van der Waals surface area (Å²) >= 11 is 5.96. The van der Waals surface area contributed by atoms with Gasteiger partial charge in [0.15, 0.2) is 0 Å². The number of nitrogens with one attached hydrogen (secondary N) is 1. The predicted octanol–water partition coefficient (Wildman–Crippen LogP) is 2.20. The molecule has 0 heterocycles. The fourth-order valence-electron chi connectivity index (χ4n) is 1.13. The highest BCUT2D eigenvalue weighted by molar-refractivity contribution is 6.31. The van der Waals surface area contributed by atoms with Crippen LogP contribution in [0.5, 0.6) is 5.75 Å². The van der Waals surface area contributed by atoms with Gasteiger partial charge in [-0.3, -0.25) is 0 Å². The van der Waals surface area contributed by atoms with Crippen molar-refractivity contribution in [2.45, 2.75) is 6.54 Å². The second-order valence-electron chi connectivity index (χ2n) is 2.77. The lowest BCUT2D eigenvalue weighted by Gasteiger charge is -2.10. The van der Waals surface area contributed by atoms with E-state index in [4.69, 9.17) is 16.3 Å². The van der Waals surface area contributed by atoms with Gasteiger partial charge in [-0.25, -0.2) is 4.79 Å². The third-order valence-corrected chi connectivity index (χ3v) is 2.24. The van der Waals surface area contributed by atoms with Crippen LogP contribution < -0.4 is 10.1 Å². The number of ether oxygens (including phenoxy) is 2. The Balaban J connectivity index is 2.78. The van der Waals surface area contributed by atoms with Crippen LogP contribution in [-0.4, -0.2) is 20.3 Å². The molecule has 0 atom stereocenters. The summed E-state index contributed by atoms with van der Waals surface area (Å²) in [6, 6.07) is 5.29. The third kappa shape index (κ3) is 3.02. The fourth-order valence-corrected chi connectivity index (χ4v) is 1.37. The van der Waals surface area contributed by atoms with Crippen LogP contribution in [-0.2, 0) is 11.3 Å². The molecular weight excluding hydrogens is 218 g/mol. The van der Waals surface area contributed by atoms with Crippen molar-refractivity contribution in [2.75, 3.05) is 14.2 Å². The average Bonchev–Trinajstić information content (AvgIpc) is 2.26. The molecule has 4 nitrogen and oxygen atoms in total. The van der Waals surface area contributed by atoms with Crippen molar-refractivity contribution in [3.05, 3.63) is 28.8 Å². The van der Waals surface area contributed by atoms with E-state index in [-0.39, 0.29) is 6.54 Å². The Morgan fingerprint density at radius 1 is 1.47 bits per heavy atom. The minimum Gasteiger partial charge on any atom is -0.496 e. The van der Waals surface area contributed by atoms with Crippen molar-refractivity contribution in [1.29, 1.82) is 0 Å². The molecule has 1 aromatic rings. The van der Waals surface area contributed by atoms with Gasteiger partial charge in [0.1, 0.15) is 5.75 Å². The van der Waals surface area contributed by atoms with Crippen molar-refractivity contribution < 1.29 is 14.3 Å². The van der Waals surface area contributed by atoms with E-state index in [1.807, 2.05) is 0 Å². The number of hydrogen-bond donors (Lipinski definition) is 1. The first-order valence-corrected chi connectivity index (χ1v) is 4.70. The zero-order chi connectivity index (χ0) is 11.3. The molecule has 0 aliphatic heterocycles. The van der Waals surface area contributed by atoms with Gasteiger partial charge in [-0.1, -0.05) is 17.7 Å². The molecule has 1 aromatic carbocycles. The molecule has 0 aromatic heterocycles. The van der Waals surface area contributed by atoms with E-state index in [0.29, 0.717) is 10.8 Å². The van der Waals surface area contributed by atoms with Gasteiger partial charge in [-0.2, -0.15) is 0 Å². The van der Waals surface area contributed by atoms with Crippen LogP contribution in [0.2, 0.25) is 5.02 Å². The Bertz CT molecular complexity index is 355. The Morgan fingerprint density at radius 3 is 2.80 bits per heavy atom. The maximum Gasteiger partial charge on any atom is 0.407 e. The number of halogens is 1. The summed E-state index contributed by atoms with van der Waals surface area (Å²) in [6.45, 7) is 0.273. The summed E-state index contributed by atoms with van der Waals surface area (Å²) in [5.74, 6) is 0.638. The summed E-state index contributed by atoms with van der Waals surface area (Å²) in [6.07, 6.45) is -0.503. The van der Waals surface area contributed by atoms with Gasteiger partial charge in [-0.05, 0) is 12.1 Å². The van der Waals surface area contributed by atoms with E-state index >= 15 is 0 Å². The molecular formula is C10H12ClNO3. The van der Waals surface area contributed by atoms with Crippen LogP contribution >= 0.6 is 11.6 Å². The van der Waals surface area contributed by atoms with E-state index in [1.165, 1.54) is 7.11 Å². The molecule has 1 N–H and O–H groups in total. The van der Waals surface area contributed by atoms with Gasteiger partial charge in [0, 0.05) is 10.6 Å². The zero-order valence-corrected chi connectivity index (χ0v) is 9.30. The second-order valence-corrected chi connectivity index (χ2v) is 3.17. The lowest BCUT2D eigenvalue weighted by atomic mass is 10.2. The highest BCUT2D eigenvalue weighted by atomic mass is 35.5. The van der Waals surface area contributed by atoms with Crippen LogP contribution in [0.4, 0.5) is 4.79 Å². The molecule has 0 radical (unpaired) electrons. The summed E-state index contributed by atoms with van der Waals surface area (Å²) < 4.78 is 9.57. The quantitative estimate of drug-likeness (QED) is 0.865. The number of carbonyl (C=O) groups is 1. The number of hydrogen-bond acceptors (Lipinski definition) is 3. The van der Waals surface area contributed by atoms with Gasteiger partial charge in [0.05, 0.1) is 20.8 Å². The van der Waals surface area contributed by atoms with Crippen molar-refractivity contribution in [3.63, 3.8) is 0 Å². The van der Waals surface area contributed by atoms with E-state index in [2.05, 4.69) is 10.1 Å². The molecule has 1 rings (SSSR count). The molecule has 0 bridgehead atoms. The molecule has 0 unspecified atom stereocenters. The minimum absolute atomic E-state index is 0.273. The van der Waals surface area contributed by atoms with Crippen molar-refractivity contribution in [3.8, 4) is 5.75 Å². The first kappa shape index (κ1) is 11.7. The van der Waals surface area contributed by atoms with Crippen LogP contribution in [0.1, 0.15) is 5.56 Å². The molecule has 0 aliphatic rings. The van der Waals surface area contributed by atoms with Gasteiger partial charge in [0.2, 0.25) is 0 Å². The first-order valence-electron chi connectivity index (χ1n) is 4.32. The number of carbonyl (C=O) groups excluding carboxylic acids is 1. The largest absolute Gasteiger partial charge is 0.496 e. The standard InChI is InChI=1S/C10H12ClNO3/c1-14-9-5-3-4-8(11)7(9)6-12-10(13)15-2/h3-5H,6H2,1-2H3,(H,12,13). The molecule has 0 fully saturated rings. The van der Waals surface area contributed by atoms with Gasteiger partial charge >= 0.3 is 6.09 Å². The Labute approximate surface area is 93.1 Å². The number of rotatable bonds is 3. The molecule has 0 saturated carbocycles. The summed E-state index contributed by atoms with van der Waals surface area (Å²) in [5, 5.41) is 3.09. The number of amides is 1. The number of methoxy groups -OCH3 is 2. The molecule has 0 saturated heterocycles. The second kappa shape index (κ2) is 5.46. The molecule has 0 spiro atoms. The van der Waals surface area contributed by atoms with E-state index in [9.17, 15) is 4.79 Å². The Morgan fingerprint density at radius 2 is 2.20 bits per heavy atom. The van der Waals surface area contributed by atoms with Crippen LogP contribution in [0, 0.1) is 0 Å². The van der Waals surface area contributed by atoms with Crippen molar-refractivity contribution in [2.24, 2.45) is 0 Å². The minimum atomic E-state index is -0.503. The van der Waals surface area contributed by atoms with Crippen LogP contribution in [0.3, 0.4) is 0 Å². The molecule has 5 heteroatoms. The zero-order valence-electron chi connectivity index (χ0n) is 8.54. The van der Waals surface area contributed by atoms with Gasteiger partial charge < -0.3 is 14.8 Å². The van der Waals surface area contributed by atoms with Crippen molar-refractivity contribution >= 4 is 17.7 Å². The Hall–Kier alpha value is -1.42. The fraction of sp³-hybridized carbons (Fsp3) is 0.300. The van der Waals surface area contributed by atoms with Gasteiger partial charge in [-0.15, -0.1) is 0 Å². The van der Waals surface area contributed by atoms with Crippen LogP contribution in [0.25, 0.3) is 0 Å². The summed E-state index contributed by atoms with van der Waals surface area (Å²) in [5.41, 5.74) is 0.729. The highest BCUT2D eigenvalue weighted by Crippen LogP contribution is 2.25. The molecule has 15 heavy (non-hydrogen) atoms. The predicted molar refractivity (Wildman–Crippen MR) is 57.2 cm³/mol. The lowest BCUT2D eigenvalue weighted by molar-refractivity contribution is 0.170. The molecule has 1 amide bonds. The third-order valence-electron chi connectivity index (χ3n) is 1.89. The average molecular weight is 230 g/mol. The van der Waals surface area contributed by atoms with E-state index < -0.39 is 6.09 Å². The molecule has 0 aliphatic carbocycles.